The number of hydrogen-bond acceptors (Lipinski definition) is 6. The van der Waals surface area contributed by atoms with Gasteiger partial charge in [-0.15, -0.1) is 0 Å². The molecule has 8 nitrogen and oxygen atoms in total. The molecule has 9 heteroatoms. The molecule has 3 aromatic rings. The van der Waals surface area contributed by atoms with Gasteiger partial charge in [-0.05, 0) is 81.8 Å². The Hall–Kier alpha value is -3.91. The number of halogens is 1. The van der Waals surface area contributed by atoms with Crippen molar-refractivity contribution in [2.24, 2.45) is 0 Å². The highest BCUT2D eigenvalue weighted by Gasteiger charge is 2.11. The summed E-state index contributed by atoms with van der Waals surface area (Å²) in [6.45, 7) is 0.537. The number of nitriles is 1. The van der Waals surface area contributed by atoms with E-state index in [2.05, 4.69) is 27.9 Å². The molecule has 0 aliphatic carbocycles. The van der Waals surface area contributed by atoms with Gasteiger partial charge >= 0.3 is 0 Å². The topological polar surface area (TPSA) is 114 Å². The van der Waals surface area contributed by atoms with Crippen LogP contribution in [0.25, 0.3) is 6.08 Å². The zero-order chi connectivity index (χ0) is 24.5. The fourth-order valence-electron chi connectivity index (χ4n) is 2.94. The third-order valence-corrected chi connectivity index (χ3v) is 5.63. The van der Waals surface area contributed by atoms with Gasteiger partial charge < -0.3 is 14.8 Å². The number of carbonyl (C=O) groups excluding carboxylic acids is 1. The maximum atomic E-state index is 12.5. The summed E-state index contributed by atoms with van der Waals surface area (Å²) < 4.78 is 11.7. The van der Waals surface area contributed by atoms with Crippen LogP contribution in [0.2, 0.25) is 0 Å². The van der Waals surface area contributed by atoms with Gasteiger partial charge in [0.05, 0.1) is 15.6 Å². The van der Waals surface area contributed by atoms with E-state index in [4.69, 9.17) is 9.47 Å². The first-order chi connectivity index (χ1) is 16.4. The summed E-state index contributed by atoms with van der Waals surface area (Å²) in [7, 11) is 1.58. The van der Waals surface area contributed by atoms with Crippen LogP contribution in [0.15, 0.2) is 72.3 Å². The number of carbonyl (C=O) groups is 1. The summed E-state index contributed by atoms with van der Waals surface area (Å²) in [6.07, 6.45) is 1.52. The number of non-ortho nitro benzene ring substituents is 1. The lowest BCUT2D eigenvalue weighted by Gasteiger charge is -2.09. The molecule has 0 saturated heterocycles. The summed E-state index contributed by atoms with van der Waals surface area (Å²) in [5.74, 6) is 0.882. The van der Waals surface area contributed by atoms with Gasteiger partial charge in [0.25, 0.3) is 11.6 Å². The van der Waals surface area contributed by atoms with Crippen LogP contribution in [0, 0.1) is 25.0 Å². The highest BCUT2D eigenvalue weighted by Crippen LogP contribution is 2.25. The minimum absolute atomic E-state index is 0.0103. The molecule has 0 atom stereocenters. The minimum Gasteiger partial charge on any atom is -0.497 e. The zero-order valence-electron chi connectivity index (χ0n) is 18.2. The van der Waals surface area contributed by atoms with Crippen LogP contribution in [0.1, 0.15) is 16.7 Å². The highest BCUT2D eigenvalue weighted by molar-refractivity contribution is 14.1. The van der Waals surface area contributed by atoms with Crippen LogP contribution < -0.4 is 14.8 Å². The van der Waals surface area contributed by atoms with E-state index in [-0.39, 0.29) is 24.4 Å². The second-order valence-electron chi connectivity index (χ2n) is 7.10. The first-order valence-electron chi connectivity index (χ1n) is 10.1. The minimum atomic E-state index is -0.466. The second kappa shape index (κ2) is 11.8. The number of nitrogens with zero attached hydrogens (tertiary/aromatic N) is 2. The maximum Gasteiger partial charge on any atom is 0.269 e. The van der Waals surface area contributed by atoms with E-state index in [1.165, 1.54) is 18.2 Å². The van der Waals surface area contributed by atoms with Crippen molar-refractivity contribution < 1.29 is 19.2 Å². The molecule has 0 aliphatic heterocycles. The Bertz CT molecular complexity index is 1250. The van der Waals surface area contributed by atoms with Crippen molar-refractivity contribution in [1.82, 2.24) is 5.32 Å². The van der Waals surface area contributed by atoms with E-state index < -0.39 is 10.8 Å². The van der Waals surface area contributed by atoms with Crippen molar-refractivity contribution in [2.75, 3.05) is 7.11 Å². The van der Waals surface area contributed by atoms with Crippen molar-refractivity contribution >= 4 is 40.3 Å². The number of amides is 1. The lowest BCUT2D eigenvalue weighted by molar-refractivity contribution is -0.384. The van der Waals surface area contributed by atoms with Crippen LogP contribution in [-0.2, 0) is 17.9 Å². The van der Waals surface area contributed by atoms with Crippen molar-refractivity contribution in [1.29, 1.82) is 5.26 Å². The SMILES string of the molecule is COc1ccc(CNC(=O)/C(C#N)=C\c2ccc(OCc3ccc([N+](=O)[O-])cc3)c(I)c2)cc1. The van der Waals surface area contributed by atoms with Gasteiger partial charge in [0.15, 0.2) is 0 Å². The van der Waals surface area contributed by atoms with E-state index in [9.17, 15) is 20.2 Å². The fourth-order valence-corrected chi connectivity index (χ4v) is 3.63. The molecule has 0 unspecified atom stereocenters. The molecule has 0 spiro atoms. The lowest BCUT2D eigenvalue weighted by atomic mass is 10.1. The van der Waals surface area contributed by atoms with Gasteiger partial charge in [0.1, 0.15) is 29.7 Å². The molecular weight excluding hydrogens is 549 g/mol. The zero-order valence-corrected chi connectivity index (χ0v) is 20.3. The van der Waals surface area contributed by atoms with E-state index in [1.54, 1.807) is 49.6 Å². The summed E-state index contributed by atoms with van der Waals surface area (Å²) in [5, 5.41) is 22.9. The van der Waals surface area contributed by atoms with Crippen LogP contribution in [0.4, 0.5) is 5.69 Å². The Morgan fingerprint density at radius 3 is 2.38 bits per heavy atom. The molecule has 0 heterocycles. The standard InChI is InChI=1S/C25H20IN3O5/c1-33-22-9-4-17(5-10-22)15-28-25(30)20(14-27)12-19-6-11-24(23(26)13-19)34-16-18-2-7-21(8-3-18)29(31)32/h2-13H,15-16H2,1H3,(H,28,30)/b20-12-. The molecule has 0 fully saturated rings. The number of ether oxygens (including phenoxy) is 2. The molecule has 3 rings (SSSR count). The Labute approximate surface area is 210 Å². The average Bonchev–Trinajstić information content (AvgIpc) is 2.85. The van der Waals surface area contributed by atoms with Crippen LogP contribution in [0.5, 0.6) is 11.5 Å². The Morgan fingerprint density at radius 2 is 1.79 bits per heavy atom. The second-order valence-corrected chi connectivity index (χ2v) is 8.26. The lowest BCUT2D eigenvalue weighted by Crippen LogP contribution is -2.23. The first kappa shape index (κ1) is 24.7. The molecular formula is C25H20IN3O5. The molecule has 3 aromatic carbocycles. The quantitative estimate of drug-likeness (QED) is 0.127. The van der Waals surface area contributed by atoms with Gasteiger partial charge in [-0.3, -0.25) is 14.9 Å². The molecule has 0 bridgehead atoms. The fraction of sp³-hybridized carbons (Fsp3) is 0.120. The first-order valence-corrected chi connectivity index (χ1v) is 11.2. The van der Waals surface area contributed by atoms with E-state index in [0.29, 0.717) is 11.3 Å². The monoisotopic (exact) mass is 569 g/mol. The van der Waals surface area contributed by atoms with E-state index in [1.807, 2.05) is 18.2 Å². The molecule has 34 heavy (non-hydrogen) atoms. The normalized spacial score (nSPS) is 10.8. The molecule has 0 saturated carbocycles. The van der Waals surface area contributed by atoms with Crippen LogP contribution in [0.3, 0.4) is 0 Å². The number of hydrogen-bond donors (Lipinski definition) is 1. The predicted octanol–water partition coefficient (Wildman–Crippen LogP) is 5.01. The summed E-state index contributed by atoms with van der Waals surface area (Å²) in [5.41, 5.74) is 2.38. The van der Waals surface area contributed by atoms with Crippen LogP contribution in [-0.4, -0.2) is 17.9 Å². The van der Waals surface area contributed by atoms with Gasteiger partial charge in [0.2, 0.25) is 0 Å². The smallest absolute Gasteiger partial charge is 0.269 e. The van der Waals surface area contributed by atoms with Gasteiger partial charge in [-0.1, -0.05) is 18.2 Å². The number of nitro benzene ring substituents is 1. The number of nitro groups is 1. The average molecular weight is 569 g/mol. The number of benzene rings is 3. The van der Waals surface area contributed by atoms with Gasteiger partial charge in [0, 0.05) is 18.7 Å². The predicted molar refractivity (Wildman–Crippen MR) is 135 cm³/mol. The van der Waals surface area contributed by atoms with Crippen molar-refractivity contribution in [2.45, 2.75) is 13.2 Å². The maximum absolute atomic E-state index is 12.5. The molecule has 172 valence electrons. The summed E-state index contributed by atoms with van der Waals surface area (Å²) >= 11 is 2.11. The van der Waals surface area contributed by atoms with E-state index >= 15 is 0 Å². The van der Waals surface area contributed by atoms with Gasteiger partial charge in [-0.25, -0.2) is 0 Å². The number of nitrogens with one attached hydrogen (secondary N) is 1. The molecule has 0 radical (unpaired) electrons. The largest absolute Gasteiger partial charge is 0.497 e. The summed E-state index contributed by atoms with van der Waals surface area (Å²) in [6, 6.07) is 20.7. The van der Waals surface area contributed by atoms with E-state index in [0.717, 1.165) is 20.4 Å². The molecule has 0 aromatic heterocycles. The third-order valence-electron chi connectivity index (χ3n) is 4.79. The number of methoxy groups -OCH3 is 1. The third kappa shape index (κ3) is 6.79. The van der Waals surface area contributed by atoms with Crippen LogP contribution >= 0.6 is 22.6 Å². The van der Waals surface area contributed by atoms with Crippen molar-refractivity contribution in [3.63, 3.8) is 0 Å². The summed E-state index contributed by atoms with van der Waals surface area (Å²) in [4.78, 5) is 22.8. The molecule has 1 amide bonds. The van der Waals surface area contributed by atoms with Crippen molar-refractivity contribution in [3.05, 3.63) is 103 Å². The Morgan fingerprint density at radius 1 is 1.12 bits per heavy atom. The highest BCUT2D eigenvalue weighted by atomic mass is 127. The molecule has 1 N–H and O–H groups in total. The molecule has 0 aliphatic rings. The Balaban J connectivity index is 1.62. The van der Waals surface area contributed by atoms with Crippen molar-refractivity contribution in [3.8, 4) is 17.6 Å². The number of rotatable bonds is 9. The van der Waals surface area contributed by atoms with Gasteiger partial charge in [-0.2, -0.15) is 5.26 Å². The Kier molecular flexibility index (Phi) is 8.59.